The minimum atomic E-state index is -0.579. The molecule has 2 aromatic rings. The van der Waals surface area contributed by atoms with Crippen molar-refractivity contribution in [2.45, 2.75) is 46.6 Å². The molecule has 3 rings (SSSR count). The van der Waals surface area contributed by atoms with Crippen LogP contribution in [0.1, 0.15) is 43.4 Å². The van der Waals surface area contributed by atoms with Gasteiger partial charge in [0.1, 0.15) is 11.5 Å². The van der Waals surface area contributed by atoms with Gasteiger partial charge in [-0.2, -0.15) is 0 Å². The van der Waals surface area contributed by atoms with Gasteiger partial charge in [-0.05, 0) is 49.9 Å². The fourth-order valence-corrected chi connectivity index (χ4v) is 3.93. The number of aryl methyl sites for hydroxylation is 2. The average molecular weight is 439 g/mol. The van der Waals surface area contributed by atoms with E-state index < -0.39 is 6.10 Å². The molecule has 0 aromatic heterocycles. The quantitative estimate of drug-likeness (QED) is 0.657. The standard InChI is InChI=1S/C26H34N2O4/c1-18(2)22-8-6-7-9-24(22)32-21(5)26(30)28-14-12-27(13-15-28)25(29)17-31-23-11-10-19(3)16-20(23)4/h6-11,16,18,21H,12-15,17H2,1-5H3. The van der Waals surface area contributed by atoms with E-state index in [9.17, 15) is 9.59 Å². The van der Waals surface area contributed by atoms with E-state index in [1.165, 1.54) is 0 Å². The molecule has 1 aliphatic heterocycles. The number of rotatable bonds is 7. The maximum Gasteiger partial charge on any atom is 0.263 e. The van der Waals surface area contributed by atoms with E-state index in [0.29, 0.717) is 32.1 Å². The summed E-state index contributed by atoms with van der Waals surface area (Å²) in [7, 11) is 0. The number of hydrogen-bond donors (Lipinski definition) is 0. The molecule has 1 saturated heterocycles. The Morgan fingerprint density at radius 3 is 2.22 bits per heavy atom. The fraction of sp³-hybridized carbons (Fsp3) is 0.462. The third-order valence-corrected chi connectivity index (χ3v) is 5.82. The first-order valence-corrected chi connectivity index (χ1v) is 11.3. The first-order chi connectivity index (χ1) is 15.3. The average Bonchev–Trinajstić information content (AvgIpc) is 2.78. The number of hydrogen-bond acceptors (Lipinski definition) is 4. The van der Waals surface area contributed by atoms with Crippen molar-refractivity contribution in [2.75, 3.05) is 32.8 Å². The van der Waals surface area contributed by atoms with Crippen molar-refractivity contribution < 1.29 is 19.1 Å². The molecule has 6 heteroatoms. The normalized spacial score (nSPS) is 14.9. The van der Waals surface area contributed by atoms with E-state index in [4.69, 9.17) is 9.47 Å². The minimum absolute atomic E-state index is 0.00332. The van der Waals surface area contributed by atoms with Gasteiger partial charge < -0.3 is 19.3 Å². The molecular weight excluding hydrogens is 404 g/mol. The number of carbonyl (C=O) groups is 2. The van der Waals surface area contributed by atoms with E-state index in [2.05, 4.69) is 13.8 Å². The molecule has 1 unspecified atom stereocenters. The number of nitrogens with zero attached hydrogens (tertiary/aromatic N) is 2. The van der Waals surface area contributed by atoms with Crippen molar-refractivity contribution in [1.29, 1.82) is 0 Å². The van der Waals surface area contributed by atoms with Gasteiger partial charge in [-0.25, -0.2) is 0 Å². The van der Waals surface area contributed by atoms with Crippen molar-refractivity contribution >= 4 is 11.8 Å². The lowest BCUT2D eigenvalue weighted by molar-refractivity contribution is -0.144. The van der Waals surface area contributed by atoms with Crippen molar-refractivity contribution in [3.05, 3.63) is 59.2 Å². The zero-order valence-electron chi connectivity index (χ0n) is 19.8. The summed E-state index contributed by atoms with van der Waals surface area (Å²) >= 11 is 0. The van der Waals surface area contributed by atoms with Gasteiger partial charge in [-0.1, -0.05) is 49.7 Å². The Morgan fingerprint density at radius 1 is 0.906 bits per heavy atom. The van der Waals surface area contributed by atoms with E-state index >= 15 is 0 Å². The topological polar surface area (TPSA) is 59.1 Å². The lowest BCUT2D eigenvalue weighted by atomic mass is 10.0. The maximum absolute atomic E-state index is 12.9. The van der Waals surface area contributed by atoms with Crippen LogP contribution >= 0.6 is 0 Å². The molecule has 0 aliphatic carbocycles. The third kappa shape index (κ3) is 5.81. The van der Waals surface area contributed by atoms with Gasteiger partial charge in [0.05, 0.1) is 0 Å². The van der Waals surface area contributed by atoms with Crippen LogP contribution in [-0.4, -0.2) is 60.5 Å². The van der Waals surface area contributed by atoms with Crippen molar-refractivity contribution in [2.24, 2.45) is 0 Å². The SMILES string of the molecule is Cc1ccc(OCC(=O)N2CCN(C(=O)C(C)Oc3ccccc3C(C)C)CC2)c(C)c1. The lowest BCUT2D eigenvalue weighted by Crippen LogP contribution is -2.54. The van der Waals surface area contributed by atoms with Gasteiger partial charge in [-0.15, -0.1) is 0 Å². The predicted octanol–water partition coefficient (Wildman–Crippen LogP) is 3.94. The highest BCUT2D eigenvalue weighted by Crippen LogP contribution is 2.27. The van der Waals surface area contributed by atoms with Crippen molar-refractivity contribution in [1.82, 2.24) is 9.80 Å². The summed E-state index contributed by atoms with van der Waals surface area (Å²) in [4.78, 5) is 29.0. The lowest BCUT2D eigenvalue weighted by Gasteiger charge is -2.36. The van der Waals surface area contributed by atoms with Gasteiger partial charge in [0.15, 0.2) is 12.7 Å². The van der Waals surface area contributed by atoms with Crippen LogP contribution in [0, 0.1) is 13.8 Å². The summed E-state index contributed by atoms with van der Waals surface area (Å²) in [5.41, 5.74) is 3.26. The van der Waals surface area contributed by atoms with Gasteiger partial charge in [0.2, 0.25) is 0 Å². The van der Waals surface area contributed by atoms with Crippen molar-refractivity contribution in [3.63, 3.8) is 0 Å². The van der Waals surface area contributed by atoms with Crippen LogP contribution in [0.25, 0.3) is 0 Å². The largest absolute Gasteiger partial charge is 0.484 e. The summed E-state index contributed by atoms with van der Waals surface area (Å²) in [6.45, 7) is 12.0. The highest BCUT2D eigenvalue weighted by Gasteiger charge is 2.28. The second-order valence-corrected chi connectivity index (χ2v) is 8.72. The first kappa shape index (κ1) is 23.6. The summed E-state index contributed by atoms with van der Waals surface area (Å²) in [5, 5.41) is 0. The molecule has 2 amide bonds. The van der Waals surface area contributed by atoms with Gasteiger partial charge >= 0.3 is 0 Å². The summed E-state index contributed by atoms with van der Waals surface area (Å²) in [6.07, 6.45) is -0.579. The predicted molar refractivity (Wildman–Crippen MR) is 125 cm³/mol. The van der Waals surface area contributed by atoms with Crippen LogP contribution in [0.5, 0.6) is 11.5 Å². The summed E-state index contributed by atoms with van der Waals surface area (Å²) in [5.74, 6) is 1.68. The Balaban J connectivity index is 1.49. The first-order valence-electron chi connectivity index (χ1n) is 11.3. The molecule has 1 aliphatic rings. The molecule has 1 fully saturated rings. The number of piperazine rings is 1. The number of para-hydroxylation sites is 1. The Labute approximate surface area is 191 Å². The van der Waals surface area contributed by atoms with Crippen LogP contribution < -0.4 is 9.47 Å². The molecule has 0 saturated carbocycles. The van der Waals surface area contributed by atoms with Gasteiger partial charge in [0, 0.05) is 26.2 Å². The Hall–Kier alpha value is -3.02. The maximum atomic E-state index is 12.9. The zero-order chi connectivity index (χ0) is 23.3. The van der Waals surface area contributed by atoms with Crippen molar-refractivity contribution in [3.8, 4) is 11.5 Å². The number of amides is 2. The van der Waals surface area contributed by atoms with Crippen LogP contribution in [0.4, 0.5) is 0 Å². The minimum Gasteiger partial charge on any atom is -0.484 e. The molecular formula is C26H34N2O4. The highest BCUT2D eigenvalue weighted by atomic mass is 16.5. The Kier molecular flexibility index (Phi) is 7.78. The van der Waals surface area contributed by atoms with Crippen LogP contribution in [0.3, 0.4) is 0 Å². The van der Waals surface area contributed by atoms with Crippen LogP contribution in [0.2, 0.25) is 0 Å². The fourth-order valence-electron chi connectivity index (χ4n) is 3.93. The molecule has 0 bridgehead atoms. The molecule has 0 N–H and O–H groups in total. The smallest absolute Gasteiger partial charge is 0.263 e. The summed E-state index contributed by atoms with van der Waals surface area (Å²) in [6, 6.07) is 13.7. The van der Waals surface area contributed by atoms with Gasteiger partial charge in [0.25, 0.3) is 11.8 Å². The number of carbonyl (C=O) groups excluding carboxylic acids is 2. The van der Waals surface area contributed by atoms with Crippen LogP contribution in [-0.2, 0) is 9.59 Å². The molecule has 6 nitrogen and oxygen atoms in total. The summed E-state index contributed by atoms with van der Waals surface area (Å²) < 4.78 is 11.7. The molecule has 172 valence electrons. The number of benzene rings is 2. The van der Waals surface area contributed by atoms with E-state index in [1.807, 2.05) is 56.3 Å². The third-order valence-electron chi connectivity index (χ3n) is 5.82. The second kappa shape index (κ2) is 10.5. The second-order valence-electron chi connectivity index (χ2n) is 8.72. The molecule has 1 atom stereocenters. The van der Waals surface area contributed by atoms with Crippen LogP contribution in [0.15, 0.2) is 42.5 Å². The molecule has 0 radical (unpaired) electrons. The Bertz CT molecular complexity index is 949. The molecule has 2 aromatic carbocycles. The number of ether oxygens (including phenoxy) is 2. The van der Waals surface area contributed by atoms with E-state index in [0.717, 1.165) is 28.2 Å². The Morgan fingerprint density at radius 2 is 1.56 bits per heavy atom. The van der Waals surface area contributed by atoms with E-state index in [1.54, 1.807) is 16.7 Å². The van der Waals surface area contributed by atoms with E-state index in [-0.39, 0.29) is 18.4 Å². The molecule has 32 heavy (non-hydrogen) atoms. The molecule has 1 heterocycles. The monoisotopic (exact) mass is 438 g/mol. The van der Waals surface area contributed by atoms with Gasteiger partial charge in [-0.3, -0.25) is 9.59 Å². The highest BCUT2D eigenvalue weighted by molar-refractivity contribution is 5.82. The molecule has 0 spiro atoms. The zero-order valence-corrected chi connectivity index (χ0v) is 19.8.